The lowest BCUT2D eigenvalue weighted by Gasteiger charge is -2.16. The van der Waals surface area contributed by atoms with E-state index in [4.69, 9.17) is 5.73 Å². The molecule has 0 spiro atoms. The van der Waals surface area contributed by atoms with Crippen LogP contribution in [0, 0.1) is 0 Å². The number of amides is 1. The molecule has 0 aromatic carbocycles. The Morgan fingerprint density at radius 3 is 3.06 bits per heavy atom. The highest BCUT2D eigenvalue weighted by molar-refractivity contribution is 9.10. The summed E-state index contributed by atoms with van der Waals surface area (Å²) in [5, 5.41) is -0.0434. The molecule has 2 heterocycles. The Kier molecular flexibility index (Phi) is 3.86. The largest absolute Gasteiger partial charge is 0.381 e. The lowest BCUT2D eigenvalue weighted by molar-refractivity contribution is -0.117. The molecule has 0 aliphatic carbocycles. The van der Waals surface area contributed by atoms with Gasteiger partial charge in [0.1, 0.15) is 4.60 Å². The number of rotatable bonds is 2. The van der Waals surface area contributed by atoms with Gasteiger partial charge < -0.3 is 5.73 Å². The van der Waals surface area contributed by atoms with E-state index in [-0.39, 0.29) is 22.1 Å². The lowest BCUT2D eigenvalue weighted by Crippen LogP contribution is -2.27. The Balaban J connectivity index is 2.21. The molecular weight excluding hydrogens is 320 g/mol. The van der Waals surface area contributed by atoms with Crippen molar-refractivity contribution < 1.29 is 9.59 Å². The molecule has 1 aromatic heterocycles. The topological polar surface area (TPSA) is 89.2 Å². The number of thioether (sulfide) groups is 1. The van der Waals surface area contributed by atoms with Crippen LogP contribution in [-0.4, -0.2) is 32.8 Å². The van der Waals surface area contributed by atoms with Crippen molar-refractivity contribution in [2.45, 2.75) is 18.6 Å². The standard InChI is InChI=1S/C10H11BrN4O2S/c1-5(16)18-6-2-8(17)15(4-6)10-9(12)13-3-7(11)14-10/h3,6H,2,4H2,1H3,(H2,12,13). The van der Waals surface area contributed by atoms with Crippen molar-refractivity contribution in [1.82, 2.24) is 9.97 Å². The first-order valence-corrected chi connectivity index (χ1v) is 6.90. The van der Waals surface area contributed by atoms with E-state index < -0.39 is 0 Å². The van der Waals surface area contributed by atoms with Gasteiger partial charge in [0.2, 0.25) is 5.91 Å². The van der Waals surface area contributed by atoms with E-state index in [1.54, 1.807) is 0 Å². The van der Waals surface area contributed by atoms with E-state index in [9.17, 15) is 9.59 Å². The molecule has 2 N–H and O–H groups in total. The highest BCUT2D eigenvalue weighted by atomic mass is 79.9. The van der Waals surface area contributed by atoms with Crippen molar-refractivity contribution in [3.05, 3.63) is 10.8 Å². The third-order valence-electron chi connectivity index (χ3n) is 2.43. The van der Waals surface area contributed by atoms with Crippen molar-refractivity contribution in [3.63, 3.8) is 0 Å². The molecule has 1 aliphatic heterocycles. The van der Waals surface area contributed by atoms with Gasteiger partial charge in [-0.25, -0.2) is 9.97 Å². The van der Waals surface area contributed by atoms with Crippen LogP contribution in [0.25, 0.3) is 0 Å². The van der Waals surface area contributed by atoms with Crippen LogP contribution < -0.4 is 10.6 Å². The Morgan fingerprint density at radius 1 is 1.67 bits per heavy atom. The number of nitrogens with two attached hydrogens (primary N) is 1. The predicted molar refractivity (Wildman–Crippen MR) is 73.2 cm³/mol. The van der Waals surface area contributed by atoms with Gasteiger partial charge in [0.05, 0.1) is 6.20 Å². The molecule has 1 aliphatic rings. The van der Waals surface area contributed by atoms with Crippen LogP contribution in [0.2, 0.25) is 0 Å². The second-order valence-electron chi connectivity index (χ2n) is 3.84. The summed E-state index contributed by atoms with van der Waals surface area (Å²) in [7, 11) is 0. The smallest absolute Gasteiger partial charge is 0.229 e. The third kappa shape index (κ3) is 2.81. The number of anilines is 2. The van der Waals surface area contributed by atoms with Gasteiger partial charge in [0.25, 0.3) is 0 Å². The lowest BCUT2D eigenvalue weighted by atomic mass is 10.4. The van der Waals surface area contributed by atoms with Crippen molar-refractivity contribution in [2.75, 3.05) is 17.2 Å². The van der Waals surface area contributed by atoms with Crippen molar-refractivity contribution in [1.29, 1.82) is 0 Å². The Bertz CT molecular complexity index is 511. The zero-order valence-corrected chi connectivity index (χ0v) is 12.0. The van der Waals surface area contributed by atoms with Crippen LogP contribution in [0.3, 0.4) is 0 Å². The fourth-order valence-electron chi connectivity index (χ4n) is 1.76. The molecule has 2 rings (SSSR count). The van der Waals surface area contributed by atoms with E-state index >= 15 is 0 Å². The number of carbonyl (C=O) groups excluding carboxylic acids is 2. The molecule has 18 heavy (non-hydrogen) atoms. The molecule has 0 saturated carbocycles. The third-order valence-corrected chi connectivity index (χ3v) is 3.79. The van der Waals surface area contributed by atoms with E-state index in [2.05, 4.69) is 25.9 Å². The summed E-state index contributed by atoms with van der Waals surface area (Å²) in [5.74, 6) is 0.467. The maximum atomic E-state index is 11.9. The van der Waals surface area contributed by atoms with Crippen molar-refractivity contribution in [3.8, 4) is 0 Å². The van der Waals surface area contributed by atoms with Gasteiger partial charge >= 0.3 is 0 Å². The summed E-state index contributed by atoms with van der Waals surface area (Å²) < 4.78 is 0.516. The summed E-state index contributed by atoms with van der Waals surface area (Å²) in [6, 6.07) is 0. The number of hydrogen-bond donors (Lipinski definition) is 1. The normalized spacial score (nSPS) is 19.3. The van der Waals surface area contributed by atoms with E-state index in [0.717, 1.165) is 0 Å². The maximum absolute atomic E-state index is 11.9. The van der Waals surface area contributed by atoms with Crippen molar-refractivity contribution in [2.24, 2.45) is 0 Å². The summed E-state index contributed by atoms with van der Waals surface area (Å²) in [4.78, 5) is 32.5. The van der Waals surface area contributed by atoms with Crippen LogP contribution in [0.5, 0.6) is 0 Å². The predicted octanol–water partition coefficient (Wildman–Crippen LogP) is 1.21. The van der Waals surface area contributed by atoms with Crippen LogP contribution in [0.4, 0.5) is 11.6 Å². The van der Waals surface area contributed by atoms with Gasteiger partial charge in [-0.2, -0.15) is 0 Å². The van der Waals surface area contributed by atoms with Gasteiger partial charge in [-0.1, -0.05) is 11.8 Å². The van der Waals surface area contributed by atoms with E-state index in [1.165, 1.54) is 29.8 Å². The highest BCUT2D eigenvalue weighted by Gasteiger charge is 2.34. The first-order valence-electron chi connectivity index (χ1n) is 5.23. The van der Waals surface area contributed by atoms with Crippen LogP contribution >= 0.6 is 27.7 Å². The molecule has 1 aromatic rings. The minimum atomic E-state index is -0.0900. The van der Waals surface area contributed by atoms with Gasteiger partial charge in [-0.05, 0) is 15.9 Å². The van der Waals surface area contributed by atoms with Gasteiger partial charge in [0.15, 0.2) is 16.8 Å². The number of hydrogen-bond acceptors (Lipinski definition) is 6. The first kappa shape index (κ1) is 13.3. The Morgan fingerprint density at radius 2 is 2.39 bits per heavy atom. The van der Waals surface area contributed by atoms with Gasteiger partial charge in [-0.15, -0.1) is 0 Å². The number of nitrogen functional groups attached to an aromatic ring is 1. The highest BCUT2D eigenvalue weighted by Crippen LogP contribution is 2.30. The Labute approximate surface area is 116 Å². The molecule has 0 bridgehead atoms. The molecule has 1 atom stereocenters. The van der Waals surface area contributed by atoms with E-state index in [0.29, 0.717) is 23.4 Å². The fraction of sp³-hybridized carbons (Fsp3) is 0.400. The monoisotopic (exact) mass is 330 g/mol. The number of carbonyl (C=O) groups is 2. The van der Waals surface area contributed by atoms with Crippen molar-refractivity contribution >= 4 is 50.4 Å². The van der Waals surface area contributed by atoms with Gasteiger partial charge in [0, 0.05) is 25.1 Å². The quantitative estimate of drug-likeness (QED) is 0.876. The second-order valence-corrected chi connectivity index (χ2v) is 6.13. The van der Waals surface area contributed by atoms with Crippen LogP contribution in [0.15, 0.2) is 10.8 Å². The molecule has 6 nitrogen and oxygen atoms in total. The fourth-order valence-corrected chi connectivity index (χ4v) is 2.95. The molecule has 96 valence electrons. The molecule has 0 radical (unpaired) electrons. The minimum absolute atomic E-state index is 0.00273. The SMILES string of the molecule is CC(=O)SC1CC(=O)N(c2nc(Br)cnc2N)C1. The molecule has 1 fully saturated rings. The van der Waals surface area contributed by atoms with E-state index in [1.807, 2.05) is 0 Å². The molecular formula is C10H11BrN4O2S. The zero-order valence-electron chi connectivity index (χ0n) is 9.59. The number of halogens is 1. The minimum Gasteiger partial charge on any atom is -0.381 e. The summed E-state index contributed by atoms with van der Waals surface area (Å²) in [6.45, 7) is 1.92. The number of nitrogens with zero attached hydrogens (tertiary/aromatic N) is 3. The molecule has 1 unspecified atom stereocenters. The molecule has 1 saturated heterocycles. The van der Waals surface area contributed by atoms with Gasteiger partial charge in [-0.3, -0.25) is 14.5 Å². The molecule has 8 heteroatoms. The Hall–Kier alpha value is -1.15. The average Bonchev–Trinajstić information content (AvgIpc) is 2.62. The maximum Gasteiger partial charge on any atom is 0.229 e. The van der Waals surface area contributed by atoms with Crippen LogP contribution in [0.1, 0.15) is 13.3 Å². The molecule has 1 amide bonds. The summed E-state index contributed by atoms with van der Waals surface area (Å²) >= 11 is 4.36. The number of aromatic nitrogens is 2. The second kappa shape index (κ2) is 5.23. The average molecular weight is 331 g/mol. The van der Waals surface area contributed by atoms with Crippen LogP contribution in [-0.2, 0) is 9.59 Å². The summed E-state index contributed by atoms with van der Waals surface area (Å²) in [5.41, 5.74) is 5.72. The first-order chi connectivity index (χ1) is 8.47. The summed E-state index contributed by atoms with van der Waals surface area (Å²) in [6.07, 6.45) is 1.79. The zero-order chi connectivity index (χ0) is 13.3.